The number of benzene rings is 2. The first kappa shape index (κ1) is 15.0. The van der Waals surface area contributed by atoms with E-state index < -0.39 is 23.7 Å². The number of hydrogen-bond donors (Lipinski definition) is 1. The summed E-state index contributed by atoms with van der Waals surface area (Å²) >= 11 is 2.94. The molecule has 2 aromatic carbocycles. The van der Waals surface area contributed by atoms with Gasteiger partial charge in [0, 0.05) is 5.56 Å². The highest BCUT2D eigenvalue weighted by Gasteiger charge is 2.35. The fourth-order valence-electron chi connectivity index (χ4n) is 1.89. The molecule has 0 saturated heterocycles. The van der Waals surface area contributed by atoms with Crippen LogP contribution in [0.5, 0.6) is 0 Å². The molecule has 20 heavy (non-hydrogen) atoms. The summed E-state index contributed by atoms with van der Waals surface area (Å²) in [6, 6.07) is 8.67. The fraction of sp³-hybridized carbons (Fsp3) is 0.143. The van der Waals surface area contributed by atoms with Crippen LogP contribution in [0.15, 0.2) is 46.9 Å². The summed E-state index contributed by atoms with van der Waals surface area (Å²) in [5.41, 5.74) is -1.57. The van der Waals surface area contributed by atoms with Gasteiger partial charge in [-0.1, -0.05) is 30.3 Å². The molecule has 0 bridgehead atoms. The lowest BCUT2D eigenvalue weighted by atomic mass is 9.96. The Labute approximate surface area is 121 Å². The first-order valence-corrected chi connectivity index (χ1v) is 6.39. The van der Waals surface area contributed by atoms with Gasteiger partial charge in [-0.3, -0.25) is 0 Å². The van der Waals surface area contributed by atoms with Crippen LogP contribution in [0.1, 0.15) is 22.8 Å². The summed E-state index contributed by atoms with van der Waals surface area (Å²) in [7, 11) is 0. The van der Waals surface area contributed by atoms with E-state index in [4.69, 9.17) is 0 Å². The number of rotatable bonds is 2. The van der Waals surface area contributed by atoms with Crippen molar-refractivity contribution in [2.45, 2.75) is 12.3 Å². The van der Waals surface area contributed by atoms with Gasteiger partial charge in [0.2, 0.25) is 0 Å². The molecule has 2 aromatic rings. The first-order valence-electron chi connectivity index (χ1n) is 5.60. The highest BCUT2D eigenvalue weighted by atomic mass is 79.9. The Kier molecular flexibility index (Phi) is 4.15. The molecule has 1 unspecified atom stereocenters. The maximum atomic E-state index is 13.9. The van der Waals surface area contributed by atoms with Crippen LogP contribution >= 0.6 is 15.9 Å². The van der Waals surface area contributed by atoms with Gasteiger partial charge in [-0.25, -0.2) is 4.39 Å². The Morgan fingerprint density at radius 3 is 2.20 bits per heavy atom. The van der Waals surface area contributed by atoms with Crippen molar-refractivity contribution in [2.75, 3.05) is 0 Å². The smallest absolute Gasteiger partial charge is 0.384 e. The summed E-state index contributed by atoms with van der Waals surface area (Å²) in [4.78, 5) is 0. The highest BCUT2D eigenvalue weighted by Crippen LogP contribution is 2.37. The fourth-order valence-corrected chi connectivity index (χ4v) is 2.27. The zero-order chi connectivity index (χ0) is 14.9. The average Bonchev–Trinajstić information content (AvgIpc) is 2.40. The summed E-state index contributed by atoms with van der Waals surface area (Å²) in [6.07, 6.45) is -6.30. The van der Waals surface area contributed by atoms with E-state index in [9.17, 15) is 22.7 Å². The number of hydrogen-bond acceptors (Lipinski definition) is 1. The van der Waals surface area contributed by atoms with E-state index in [1.54, 1.807) is 0 Å². The van der Waals surface area contributed by atoms with Gasteiger partial charge in [0.05, 0.1) is 10.0 Å². The van der Waals surface area contributed by atoms with Crippen molar-refractivity contribution < 1.29 is 22.7 Å². The second-order valence-corrected chi connectivity index (χ2v) is 4.98. The predicted octanol–water partition coefficient (Wildman–Crippen LogP) is 4.69. The largest absolute Gasteiger partial charge is 0.416 e. The second kappa shape index (κ2) is 5.54. The Hall–Kier alpha value is -1.40. The minimum Gasteiger partial charge on any atom is -0.384 e. The molecule has 1 atom stereocenters. The Morgan fingerprint density at radius 1 is 0.950 bits per heavy atom. The third-order valence-corrected chi connectivity index (χ3v) is 3.45. The zero-order valence-corrected chi connectivity index (χ0v) is 11.5. The van der Waals surface area contributed by atoms with Gasteiger partial charge >= 0.3 is 6.18 Å². The summed E-state index contributed by atoms with van der Waals surface area (Å²) < 4.78 is 52.6. The van der Waals surface area contributed by atoms with Crippen LogP contribution in [-0.2, 0) is 6.18 Å². The molecule has 1 N–H and O–H groups in total. The second-order valence-electron chi connectivity index (χ2n) is 4.13. The number of aliphatic hydroxyl groups is 1. The third kappa shape index (κ3) is 2.86. The highest BCUT2D eigenvalue weighted by molar-refractivity contribution is 9.10. The van der Waals surface area contributed by atoms with Gasteiger partial charge in [-0.2, -0.15) is 13.2 Å². The van der Waals surface area contributed by atoms with Crippen LogP contribution in [0.3, 0.4) is 0 Å². The van der Waals surface area contributed by atoms with Gasteiger partial charge < -0.3 is 5.11 Å². The normalized spacial score (nSPS) is 13.3. The lowest BCUT2D eigenvalue weighted by Crippen LogP contribution is -2.13. The van der Waals surface area contributed by atoms with Crippen LogP contribution in [0.2, 0.25) is 0 Å². The molecule has 1 nitrogen and oxygen atoms in total. The van der Waals surface area contributed by atoms with Crippen LogP contribution in [0, 0.1) is 5.82 Å². The van der Waals surface area contributed by atoms with E-state index >= 15 is 0 Å². The molecular formula is C14H9BrF4O. The van der Waals surface area contributed by atoms with Gasteiger partial charge in [0.25, 0.3) is 0 Å². The van der Waals surface area contributed by atoms with Crippen molar-refractivity contribution in [1.29, 1.82) is 0 Å². The minimum absolute atomic E-state index is 0.0820. The molecule has 0 fully saturated rings. The van der Waals surface area contributed by atoms with Crippen molar-refractivity contribution >= 4 is 15.9 Å². The Morgan fingerprint density at radius 2 is 1.55 bits per heavy atom. The number of halogens is 5. The van der Waals surface area contributed by atoms with Gasteiger partial charge in [-0.05, 0) is 33.6 Å². The average molecular weight is 349 g/mol. The standard InChI is InChI=1S/C14H9BrF4O/c15-11-7-3-5-9(12(11)16)13(20)8-4-1-2-6-10(8)14(17,18)19/h1-7,13,20H. The molecule has 0 aliphatic heterocycles. The molecule has 0 saturated carbocycles. The third-order valence-electron chi connectivity index (χ3n) is 2.84. The summed E-state index contributed by atoms with van der Waals surface area (Å²) in [5, 5.41) is 10.1. The van der Waals surface area contributed by atoms with E-state index in [-0.39, 0.29) is 15.6 Å². The quantitative estimate of drug-likeness (QED) is 0.780. The number of alkyl halides is 3. The molecule has 2 rings (SSSR count). The molecule has 0 aliphatic carbocycles. The van der Waals surface area contributed by atoms with Crippen LogP contribution in [0.25, 0.3) is 0 Å². The van der Waals surface area contributed by atoms with Gasteiger partial charge in [0.1, 0.15) is 11.9 Å². The molecular weight excluding hydrogens is 340 g/mol. The summed E-state index contributed by atoms with van der Waals surface area (Å²) in [6.45, 7) is 0. The molecule has 6 heteroatoms. The maximum absolute atomic E-state index is 13.9. The molecule has 0 heterocycles. The van der Waals surface area contributed by atoms with Crippen molar-refractivity contribution in [1.82, 2.24) is 0 Å². The van der Waals surface area contributed by atoms with E-state index in [2.05, 4.69) is 15.9 Å². The zero-order valence-electron chi connectivity index (χ0n) is 9.96. The van der Waals surface area contributed by atoms with Crippen molar-refractivity contribution in [2.24, 2.45) is 0 Å². The maximum Gasteiger partial charge on any atom is 0.416 e. The Balaban J connectivity index is 2.55. The number of aliphatic hydroxyl groups excluding tert-OH is 1. The lowest BCUT2D eigenvalue weighted by Gasteiger charge is -2.18. The van der Waals surface area contributed by atoms with Crippen molar-refractivity contribution in [3.8, 4) is 0 Å². The molecule has 0 aromatic heterocycles. The SMILES string of the molecule is OC(c1ccccc1C(F)(F)F)c1cccc(Br)c1F. The topological polar surface area (TPSA) is 20.2 Å². The van der Waals surface area contributed by atoms with Gasteiger partial charge in [0.15, 0.2) is 0 Å². The summed E-state index contributed by atoms with van der Waals surface area (Å²) in [5.74, 6) is -0.781. The molecule has 0 spiro atoms. The van der Waals surface area contributed by atoms with E-state index in [1.165, 1.54) is 30.3 Å². The molecule has 106 valence electrons. The molecule has 0 radical (unpaired) electrons. The van der Waals surface area contributed by atoms with E-state index in [0.29, 0.717) is 0 Å². The molecule has 0 amide bonds. The minimum atomic E-state index is -4.61. The van der Waals surface area contributed by atoms with Crippen molar-refractivity contribution in [3.63, 3.8) is 0 Å². The monoisotopic (exact) mass is 348 g/mol. The van der Waals surface area contributed by atoms with Crippen LogP contribution in [0.4, 0.5) is 17.6 Å². The van der Waals surface area contributed by atoms with E-state index in [1.807, 2.05) is 0 Å². The van der Waals surface area contributed by atoms with Gasteiger partial charge in [-0.15, -0.1) is 0 Å². The van der Waals surface area contributed by atoms with Crippen LogP contribution in [-0.4, -0.2) is 5.11 Å². The first-order chi connectivity index (χ1) is 9.32. The predicted molar refractivity (Wildman–Crippen MR) is 69.6 cm³/mol. The van der Waals surface area contributed by atoms with E-state index in [0.717, 1.165) is 12.1 Å². The molecule has 0 aliphatic rings. The van der Waals surface area contributed by atoms with Crippen molar-refractivity contribution in [3.05, 3.63) is 69.4 Å². The Bertz CT molecular complexity index is 625. The van der Waals surface area contributed by atoms with Crippen LogP contribution < -0.4 is 0 Å². The lowest BCUT2D eigenvalue weighted by molar-refractivity contribution is -0.139.